The van der Waals surface area contributed by atoms with Crippen molar-refractivity contribution in [1.82, 2.24) is 0 Å². The minimum atomic E-state index is -0.686. The summed E-state index contributed by atoms with van der Waals surface area (Å²) in [4.78, 5) is 0. The number of allylic oxidation sites excluding steroid dienone is 6. The lowest BCUT2D eigenvalue weighted by molar-refractivity contribution is 0.494. The molecule has 22 heavy (non-hydrogen) atoms. The number of rotatable bonds is 5. The van der Waals surface area contributed by atoms with E-state index in [1.54, 1.807) is 12.1 Å². The molecule has 0 radical (unpaired) electrons. The summed E-state index contributed by atoms with van der Waals surface area (Å²) < 4.78 is 28.6. The Hall–Kier alpha value is -1.70. The molecule has 1 aromatic carbocycles. The fourth-order valence-electron chi connectivity index (χ4n) is 2.98. The van der Waals surface area contributed by atoms with E-state index >= 15 is 0 Å². The van der Waals surface area contributed by atoms with Crippen LogP contribution in [0, 0.1) is 17.6 Å². The van der Waals surface area contributed by atoms with Gasteiger partial charge in [0.1, 0.15) is 0 Å². The highest BCUT2D eigenvalue weighted by Crippen LogP contribution is 2.33. The summed E-state index contributed by atoms with van der Waals surface area (Å²) in [6, 6.07) is 3.47. The van der Waals surface area contributed by atoms with E-state index in [2.05, 4.69) is 18.2 Å². The van der Waals surface area contributed by atoms with E-state index in [-0.39, 0.29) is 0 Å². The second kappa shape index (κ2) is 8.07. The van der Waals surface area contributed by atoms with Gasteiger partial charge in [0.25, 0.3) is 0 Å². The van der Waals surface area contributed by atoms with E-state index < -0.39 is 11.6 Å². The number of halogens is 2. The van der Waals surface area contributed by atoms with Crippen molar-refractivity contribution >= 4 is 5.57 Å². The Morgan fingerprint density at radius 3 is 2.59 bits per heavy atom. The molecule has 0 amide bonds. The standard InChI is InChI=1S/C20H24F2/c1-3-5-6-8-17-13-14-18(20(22)19(17)21)16-11-9-15(7-4-2)10-12-16/h3-5,7,11,13-15H,6,8-10,12H2,1-2H3. The Kier molecular flexibility index (Phi) is 6.11. The van der Waals surface area contributed by atoms with Gasteiger partial charge in [-0.05, 0) is 63.0 Å². The van der Waals surface area contributed by atoms with Crippen molar-refractivity contribution in [2.24, 2.45) is 5.92 Å². The Labute approximate surface area is 132 Å². The molecule has 1 aliphatic rings. The first kappa shape index (κ1) is 16.7. The van der Waals surface area contributed by atoms with Gasteiger partial charge in [-0.1, -0.05) is 42.5 Å². The molecule has 1 aromatic rings. The van der Waals surface area contributed by atoms with Crippen LogP contribution in [0.15, 0.2) is 42.5 Å². The molecule has 0 nitrogen and oxygen atoms in total. The van der Waals surface area contributed by atoms with Crippen molar-refractivity contribution in [1.29, 1.82) is 0 Å². The largest absolute Gasteiger partial charge is 0.203 e. The normalized spacial score (nSPS) is 19.1. The van der Waals surface area contributed by atoms with Crippen LogP contribution < -0.4 is 0 Å². The van der Waals surface area contributed by atoms with E-state index in [1.807, 2.05) is 26.0 Å². The third-order valence-corrected chi connectivity index (χ3v) is 4.24. The van der Waals surface area contributed by atoms with Crippen LogP contribution in [0.3, 0.4) is 0 Å². The zero-order valence-corrected chi connectivity index (χ0v) is 13.4. The van der Waals surface area contributed by atoms with Gasteiger partial charge in [0.15, 0.2) is 11.6 Å². The maximum atomic E-state index is 14.4. The first-order valence-corrected chi connectivity index (χ1v) is 8.07. The van der Waals surface area contributed by atoms with Crippen molar-refractivity contribution in [2.45, 2.75) is 46.0 Å². The third-order valence-electron chi connectivity index (χ3n) is 4.24. The summed E-state index contributed by atoms with van der Waals surface area (Å²) in [5, 5.41) is 0. The molecule has 0 heterocycles. The van der Waals surface area contributed by atoms with Gasteiger partial charge in [-0.2, -0.15) is 0 Å². The molecule has 2 rings (SSSR count). The van der Waals surface area contributed by atoms with Gasteiger partial charge in [0.2, 0.25) is 0 Å². The molecule has 0 saturated heterocycles. The number of hydrogen-bond acceptors (Lipinski definition) is 0. The van der Waals surface area contributed by atoms with Crippen LogP contribution in [0.25, 0.3) is 5.57 Å². The van der Waals surface area contributed by atoms with Crippen LogP contribution in [0.2, 0.25) is 0 Å². The monoisotopic (exact) mass is 302 g/mol. The second-order valence-corrected chi connectivity index (χ2v) is 5.80. The maximum absolute atomic E-state index is 14.4. The summed E-state index contributed by atoms with van der Waals surface area (Å²) >= 11 is 0. The van der Waals surface area contributed by atoms with Crippen molar-refractivity contribution in [3.05, 3.63) is 65.3 Å². The quantitative estimate of drug-likeness (QED) is 0.565. The molecule has 0 spiro atoms. The molecule has 118 valence electrons. The van der Waals surface area contributed by atoms with Gasteiger partial charge in [0.05, 0.1) is 0 Å². The fourth-order valence-corrected chi connectivity index (χ4v) is 2.98. The Morgan fingerprint density at radius 1 is 1.14 bits per heavy atom. The van der Waals surface area contributed by atoms with Crippen LogP contribution >= 0.6 is 0 Å². The molecule has 0 saturated carbocycles. The summed E-state index contributed by atoms with van der Waals surface area (Å²) in [5.41, 5.74) is 1.84. The van der Waals surface area contributed by atoms with Gasteiger partial charge < -0.3 is 0 Å². The fraction of sp³-hybridized carbons (Fsp3) is 0.400. The molecule has 1 atom stereocenters. The van der Waals surface area contributed by atoms with Crippen molar-refractivity contribution in [3.63, 3.8) is 0 Å². The zero-order valence-electron chi connectivity index (χ0n) is 13.4. The van der Waals surface area contributed by atoms with Crippen LogP contribution in [-0.2, 0) is 6.42 Å². The van der Waals surface area contributed by atoms with Gasteiger partial charge in [0, 0.05) is 5.56 Å². The summed E-state index contributed by atoms with van der Waals surface area (Å²) in [6.45, 7) is 3.94. The smallest absolute Gasteiger partial charge is 0.166 e. The Bertz CT molecular complexity index is 594. The molecular formula is C20H24F2. The second-order valence-electron chi connectivity index (χ2n) is 5.80. The van der Waals surface area contributed by atoms with E-state index in [1.165, 1.54) is 0 Å². The number of aryl methyl sites for hydroxylation is 1. The van der Waals surface area contributed by atoms with Crippen molar-refractivity contribution in [2.75, 3.05) is 0 Å². The predicted octanol–water partition coefficient (Wildman–Crippen LogP) is 6.23. The molecule has 1 aliphatic carbocycles. The molecule has 0 fully saturated rings. The molecule has 0 aliphatic heterocycles. The van der Waals surface area contributed by atoms with Gasteiger partial charge in [-0.15, -0.1) is 0 Å². The summed E-state index contributed by atoms with van der Waals surface area (Å²) in [6.07, 6.45) is 14.2. The number of benzene rings is 1. The highest BCUT2D eigenvalue weighted by molar-refractivity contribution is 5.67. The van der Waals surface area contributed by atoms with E-state index in [0.717, 1.165) is 31.3 Å². The van der Waals surface area contributed by atoms with Gasteiger partial charge in [-0.25, -0.2) is 8.78 Å². The Balaban J connectivity index is 2.17. The minimum absolute atomic E-state index is 0.436. The van der Waals surface area contributed by atoms with E-state index in [0.29, 0.717) is 23.5 Å². The van der Waals surface area contributed by atoms with E-state index in [9.17, 15) is 8.78 Å². The lowest BCUT2D eigenvalue weighted by Gasteiger charge is -2.20. The third kappa shape index (κ3) is 3.94. The first-order chi connectivity index (χ1) is 10.7. The lowest BCUT2D eigenvalue weighted by atomic mass is 9.86. The Morgan fingerprint density at radius 2 is 1.95 bits per heavy atom. The molecule has 0 bridgehead atoms. The molecule has 2 heteroatoms. The van der Waals surface area contributed by atoms with Crippen LogP contribution in [0.5, 0.6) is 0 Å². The van der Waals surface area contributed by atoms with Crippen LogP contribution in [0.1, 0.15) is 50.7 Å². The van der Waals surface area contributed by atoms with Crippen molar-refractivity contribution < 1.29 is 8.78 Å². The highest BCUT2D eigenvalue weighted by atomic mass is 19.2. The van der Waals surface area contributed by atoms with Crippen LogP contribution in [-0.4, -0.2) is 0 Å². The minimum Gasteiger partial charge on any atom is -0.203 e. The lowest BCUT2D eigenvalue weighted by Crippen LogP contribution is -2.05. The average Bonchev–Trinajstić information content (AvgIpc) is 2.53. The predicted molar refractivity (Wildman–Crippen MR) is 89.6 cm³/mol. The van der Waals surface area contributed by atoms with Crippen LogP contribution in [0.4, 0.5) is 8.78 Å². The summed E-state index contributed by atoms with van der Waals surface area (Å²) in [5.74, 6) is -0.839. The maximum Gasteiger partial charge on any atom is 0.166 e. The zero-order chi connectivity index (χ0) is 15.9. The molecule has 0 N–H and O–H groups in total. The molecular weight excluding hydrogens is 278 g/mol. The highest BCUT2D eigenvalue weighted by Gasteiger charge is 2.19. The van der Waals surface area contributed by atoms with Gasteiger partial charge >= 0.3 is 0 Å². The number of hydrogen-bond donors (Lipinski definition) is 0. The SMILES string of the molecule is CC=CCCc1ccc(C2=CCC(C=CC)CC2)c(F)c1F. The van der Waals surface area contributed by atoms with Gasteiger partial charge in [-0.3, -0.25) is 0 Å². The topological polar surface area (TPSA) is 0 Å². The molecule has 1 unspecified atom stereocenters. The average molecular weight is 302 g/mol. The summed E-state index contributed by atoms with van der Waals surface area (Å²) in [7, 11) is 0. The molecule has 0 aromatic heterocycles. The van der Waals surface area contributed by atoms with E-state index in [4.69, 9.17) is 0 Å². The van der Waals surface area contributed by atoms with Crippen molar-refractivity contribution in [3.8, 4) is 0 Å². The first-order valence-electron chi connectivity index (χ1n) is 8.07.